The Balaban J connectivity index is 2.73. The van der Waals surface area contributed by atoms with Crippen molar-refractivity contribution in [1.82, 2.24) is 9.97 Å². The summed E-state index contributed by atoms with van der Waals surface area (Å²) in [5.41, 5.74) is 0. The topological polar surface area (TPSA) is 35.0 Å². The molecule has 0 fully saturated rings. The van der Waals surface area contributed by atoms with E-state index in [4.69, 9.17) is 11.6 Å². The highest BCUT2D eigenvalue weighted by atomic mass is 79.9. The van der Waals surface area contributed by atoms with Crippen LogP contribution in [0.2, 0.25) is 5.15 Å². The molecule has 0 aliphatic rings. The Morgan fingerprint density at radius 3 is 2.64 bits per heavy atom. The lowest BCUT2D eigenvalue weighted by molar-refractivity contribution is -0.154. The van der Waals surface area contributed by atoms with Gasteiger partial charge in [-0.05, 0) is 15.9 Å². The first kappa shape index (κ1) is 11.5. The maximum absolute atomic E-state index is 11.8. The fraction of sp³-hybridized carbons (Fsp3) is 0.333. The maximum atomic E-state index is 11.8. The van der Waals surface area contributed by atoms with Crippen molar-refractivity contribution in [2.45, 2.75) is 6.18 Å². The van der Waals surface area contributed by atoms with E-state index in [2.05, 4.69) is 30.6 Å². The number of alkyl halides is 3. The fourth-order valence-electron chi connectivity index (χ4n) is 0.584. The molecule has 0 saturated heterocycles. The molecule has 3 nitrogen and oxygen atoms in total. The minimum absolute atomic E-state index is 0.00262. The van der Waals surface area contributed by atoms with Crippen LogP contribution in [0.3, 0.4) is 0 Å². The van der Waals surface area contributed by atoms with Gasteiger partial charge in [0.15, 0.2) is 11.8 Å². The first-order valence-electron chi connectivity index (χ1n) is 3.25. The third-order valence-electron chi connectivity index (χ3n) is 1.09. The van der Waals surface area contributed by atoms with Gasteiger partial charge in [0.1, 0.15) is 10.8 Å². The number of ether oxygens (including phenoxy) is 1. The molecule has 0 radical (unpaired) electrons. The Bertz CT molecular complexity index is 333. The Labute approximate surface area is 90.4 Å². The number of rotatable bonds is 2. The van der Waals surface area contributed by atoms with Crippen LogP contribution in [0, 0.1) is 0 Å². The molecule has 0 unspecified atom stereocenters. The van der Waals surface area contributed by atoms with Crippen LogP contribution in [0.15, 0.2) is 10.8 Å². The first-order chi connectivity index (χ1) is 6.40. The molecule has 0 amide bonds. The zero-order valence-corrected chi connectivity index (χ0v) is 8.82. The molecule has 0 aliphatic carbocycles. The van der Waals surface area contributed by atoms with E-state index >= 15 is 0 Å². The maximum Gasteiger partial charge on any atom is 0.422 e. The van der Waals surface area contributed by atoms with E-state index in [9.17, 15) is 13.2 Å². The summed E-state index contributed by atoms with van der Waals surface area (Å²) in [6, 6.07) is 0. The van der Waals surface area contributed by atoms with Gasteiger partial charge in [0.25, 0.3) is 0 Å². The fourth-order valence-corrected chi connectivity index (χ4v) is 1.03. The highest BCUT2D eigenvalue weighted by Crippen LogP contribution is 2.29. The second kappa shape index (κ2) is 4.31. The molecule has 0 aliphatic heterocycles. The highest BCUT2D eigenvalue weighted by Gasteiger charge is 2.29. The van der Waals surface area contributed by atoms with Crippen LogP contribution in [0.1, 0.15) is 0 Å². The van der Waals surface area contributed by atoms with Crippen molar-refractivity contribution >= 4 is 27.5 Å². The number of hydrogen-bond donors (Lipinski definition) is 0. The van der Waals surface area contributed by atoms with Crippen molar-refractivity contribution in [3.63, 3.8) is 0 Å². The predicted molar refractivity (Wildman–Crippen MR) is 46.3 cm³/mol. The third kappa shape index (κ3) is 3.30. The molecule has 0 atom stereocenters. The zero-order valence-electron chi connectivity index (χ0n) is 6.48. The van der Waals surface area contributed by atoms with E-state index < -0.39 is 12.8 Å². The van der Waals surface area contributed by atoms with Crippen LogP contribution in [0.25, 0.3) is 0 Å². The third-order valence-corrected chi connectivity index (χ3v) is 2.32. The van der Waals surface area contributed by atoms with Gasteiger partial charge in [-0.25, -0.2) is 9.97 Å². The minimum Gasteiger partial charge on any atom is -0.467 e. The van der Waals surface area contributed by atoms with Crippen molar-refractivity contribution in [3.05, 3.63) is 16.0 Å². The molecular weight excluding hydrogens is 288 g/mol. The van der Waals surface area contributed by atoms with Gasteiger partial charge in [0, 0.05) is 0 Å². The molecule has 0 N–H and O–H groups in total. The first-order valence-corrected chi connectivity index (χ1v) is 4.43. The molecule has 0 spiro atoms. The van der Waals surface area contributed by atoms with Crippen LogP contribution in [0.5, 0.6) is 5.88 Å². The second-order valence-corrected chi connectivity index (χ2v) is 3.34. The number of hydrogen-bond acceptors (Lipinski definition) is 3. The second-order valence-electron chi connectivity index (χ2n) is 2.19. The predicted octanol–water partition coefficient (Wildman–Crippen LogP) is 2.83. The molecule has 78 valence electrons. The van der Waals surface area contributed by atoms with E-state index in [1.54, 1.807) is 0 Å². The van der Waals surface area contributed by atoms with E-state index in [0.717, 1.165) is 6.33 Å². The quantitative estimate of drug-likeness (QED) is 0.786. The normalized spacial score (nSPS) is 11.5. The van der Waals surface area contributed by atoms with Crippen molar-refractivity contribution in [2.24, 2.45) is 0 Å². The average molecular weight is 291 g/mol. The lowest BCUT2D eigenvalue weighted by Gasteiger charge is -2.09. The van der Waals surface area contributed by atoms with Crippen LogP contribution in [0.4, 0.5) is 13.2 Å². The van der Waals surface area contributed by atoms with Gasteiger partial charge < -0.3 is 4.74 Å². The van der Waals surface area contributed by atoms with Gasteiger partial charge in [-0.15, -0.1) is 0 Å². The van der Waals surface area contributed by atoms with Gasteiger partial charge in [-0.3, -0.25) is 0 Å². The number of halogens is 5. The summed E-state index contributed by atoms with van der Waals surface area (Å²) in [6.07, 6.45) is -3.39. The summed E-state index contributed by atoms with van der Waals surface area (Å²) in [7, 11) is 0. The summed E-state index contributed by atoms with van der Waals surface area (Å²) in [5.74, 6) is -0.234. The lowest BCUT2D eigenvalue weighted by atomic mass is 10.6. The van der Waals surface area contributed by atoms with E-state index in [1.165, 1.54) is 0 Å². The van der Waals surface area contributed by atoms with Crippen LogP contribution < -0.4 is 4.74 Å². The molecule has 0 aromatic carbocycles. The van der Waals surface area contributed by atoms with Gasteiger partial charge in [-0.2, -0.15) is 13.2 Å². The average Bonchev–Trinajstić information content (AvgIpc) is 2.06. The Morgan fingerprint density at radius 1 is 1.43 bits per heavy atom. The molecular formula is C6H3BrClF3N2O. The summed E-state index contributed by atoms with van der Waals surface area (Å²) in [4.78, 5) is 7.01. The molecule has 1 aromatic rings. The molecule has 1 aromatic heterocycles. The lowest BCUT2D eigenvalue weighted by Crippen LogP contribution is -2.19. The van der Waals surface area contributed by atoms with Gasteiger partial charge >= 0.3 is 6.18 Å². The van der Waals surface area contributed by atoms with Crippen molar-refractivity contribution in [2.75, 3.05) is 6.61 Å². The summed E-state index contributed by atoms with van der Waals surface area (Å²) in [5, 5.41) is -0.00262. The highest BCUT2D eigenvalue weighted by molar-refractivity contribution is 9.10. The molecule has 0 saturated carbocycles. The SMILES string of the molecule is FC(F)(F)COc1ncnc(Cl)c1Br. The van der Waals surface area contributed by atoms with Crippen LogP contribution >= 0.6 is 27.5 Å². The van der Waals surface area contributed by atoms with Crippen LogP contribution in [-0.2, 0) is 0 Å². The molecule has 0 bridgehead atoms. The van der Waals surface area contributed by atoms with Crippen LogP contribution in [-0.4, -0.2) is 22.8 Å². The van der Waals surface area contributed by atoms with Gasteiger partial charge in [0.2, 0.25) is 5.88 Å². The molecule has 8 heteroatoms. The Morgan fingerprint density at radius 2 is 2.07 bits per heavy atom. The molecule has 14 heavy (non-hydrogen) atoms. The number of nitrogens with zero attached hydrogens (tertiary/aromatic N) is 2. The number of aromatic nitrogens is 2. The van der Waals surface area contributed by atoms with E-state index in [-0.39, 0.29) is 15.5 Å². The van der Waals surface area contributed by atoms with Gasteiger partial charge in [0.05, 0.1) is 0 Å². The Hall–Kier alpha value is -0.560. The zero-order chi connectivity index (χ0) is 10.8. The van der Waals surface area contributed by atoms with Crippen molar-refractivity contribution in [3.8, 4) is 5.88 Å². The van der Waals surface area contributed by atoms with Crippen molar-refractivity contribution < 1.29 is 17.9 Å². The summed E-state index contributed by atoms with van der Waals surface area (Å²) < 4.78 is 39.7. The van der Waals surface area contributed by atoms with Gasteiger partial charge in [-0.1, -0.05) is 11.6 Å². The van der Waals surface area contributed by atoms with Crippen molar-refractivity contribution in [1.29, 1.82) is 0 Å². The smallest absolute Gasteiger partial charge is 0.422 e. The monoisotopic (exact) mass is 290 g/mol. The molecule has 1 rings (SSSR count). The van der Waals surface area contributed by atoms with E-state index in [0.29, 0.717) is 0 Å². The Kier molecular flexibility index (Phi) is 3.54. The largest absolute Gasteiger partial charge is 0.467 e. The standard InChI is InChI=1S/C6H3BrClF3N2O/c7-3-4(8)12-2-13-5(3)14-1-6(9,10)11/h2H,1H2. The van der Waals surface area contributed by atoms with E-state index in [1.807, 2.05) is 0 Å². The summed E-state index contributed by atoms with van der Waals surface area (Å²) >= 11 is 8.40. The minimum atomic E-state index is -4.41. The molecule has 1 heterocycles. The summed E-state index contributed by atoms with van der Waals surface area (Å²) in [6.45, 7) is -1.42.